The summed E-state index contributed by atoms with van der Waals surface area (Å²) in [6.45, 7) is 2.41. The van der Waals surface area contributed by atoms with Crippen molar-refractivity contribution in [3.05, 3.63) is 95.4 Å². The van der Waals surface area contributed by atoms with Crippen LogP contribution in [-0.2, 0) is 6.54 Å². The summed E-state index contributed by atoms with van der Waals surface area (Å²) in [4.78, 5) is 29.7. The summed E-state index contributed by atoms with van der Waals surface area (Å²) in [7, 11) is 0. The Morgan fingerprint density at radius 1 is 1.06 bits per heavy atom. The highest BCUT2D eigenvalue weighted by atomic mass is 16.3. The lowest BCUT2D eigenvalue weighted by Gasteiger charge is -2.25. The number of hydrogen-bond donors (Lipinski definition) is 3. The lowest BCUT2D eigenvalue weighted by atomic mass is 9.82. The summed E-state index contributed by atoms with van der Waals surface area (Å²) in [5.41, 5.74) is 4.86. The minimum absolute atomic E-state index is 0.0158. The summed E-state index contributed by atoms with van der Waals surface area (Å²) in [5, 5.41) is 21.0. The molecule has 1 aliphatic rings. The second kappa shape index (κ2) is 10.0. The highest BCUT2D eigenvalue weighted by Gasteiger charge is 2.27. The Morgan fingerprint density at radius 3 is 2.56 bits per heavy atom. The van der Waals surface area contributed by atoms with E-state index in [2.05, 4.69) is 20.7 Å². The van der Waals surface area contributed by atoms with Gasteiger partial charge in [0.05, 0.1) is 11.4 Å². The summed E-state index contributed by atoms with van der Waals surface area (Å²) in [6.07, 6.45) is 6.19. The molecule has 1 saturated carbocycles. The lowest BCUT2D eigenvalue weighted by Crippen LogP contribution is -2.31. The number of hydrogen-bond acceptors (Lipinski definition) is 5. The number of carbonyl (C=O) groups is 2. The van der Waals surface area contributed by atoms with Crippen LogP contribution in [0.25, 0.3) is 11.3 Å². The van der Waals surface area contributed by atoms with Gasteiger partial charge in [0, 0.05) is 41.7 Å². The van der Waals surface area contributed by atoms with Crippen LogP contribution < -0.4 is 10.6 Å². The minimum atomic E-state index is -0.312. The molecule has 2 amide bonds. The van der Waals surface area contributed by atoms with Crippen molar-refractivity contribution >= 4 is 17.6 Å². The number of phenolic OH excluding ortho intramolecular Hbond substituents is 1. The molecule has 0 atom stereocenters. The third-order valence-electron chi connectivity index (χ3n) is 6.62. The molecule has 3 N–H and O–H groups in total. The molecule has 0 spiro atoms. The van der Waals surface area contributed by atoms with Crippen LogP contribution in [0.15, 0.2) is 73.1 Å². The number of amides is 2. The van der Waals surface area contributed by atoms with E-state index in [1.807, 2.05) is 37.3 Å². The standard InChI is InChI=1S/C28H27N5O3/c1-18-5-2-3-6-21(18)17-30-28(36)33-25(19-7-4-8-19)16-24(32-33)23-15-22(9-10-26(23)34)31-27(35)20-11-13-29-14-12-20/h2-3,5-6,9-16,19,34H,4,7-8,17H2,1H3,(H,30,36)(H,31,35). The number of pyridine rings is 1. The van der Waals surface area contributed by atoms with Crippen molar-refractivity contribution in [2.75, 3.05) is 5.32 Å². The van der Waals surface area contributed by atoms with Gasteiger partial charge in [0.1, 0.15) is 5.75 Å². The van der Waals surface area contributed by atoms with Crippen molar-refractivity contribution in [1.29, 1.82) is 0 Å². The van der Waals surface area contributed by atoms with E-state index in [1.54, 1.807) is 36.7 Å². The number of nitrogens with one attached hydrogen (secondary N) is 2. The molecular formula is C28H27N5O3. The van der Waals surface area contributed by atoms with Gasteiger partial charge in [-0.3, -0.25) is 9.78 Å². The van der Waals surface area contributed by atoms with E-state index in [9.17, 15) is 14.7 Å². The summed E-state index contributed by atoms with van der Waals surface area (Å²) in [6, 6.07) is 17.5. The Labute approximate surface area is 209 Å². The van der Waals surface area contributed by atoms with E-state index < -0.39 is 0 Å². The van der Waals surface area contributed by atoms with Gasteiger partial charge in [-0.15, -0.1) is 0 Å². The predicted octanol–water partition coefficient (Wildman–Crippen LogP) is 5.24. The number of aromatic nitrogens is 3. The molecule has 0 aliphatic heterocycles. The molecule has 2 aromatic heterocycles. The molecular weight excluding hydrogens is 454 g/mol. The first-order valence-corrected chi connectivity index (χ1v) is 12.0. The van der Waals surface area contributed by atoms with Crippen molar-refractivity contribution in [2.45, 2.75) is 38.6 Å². The van der Waals surface area contributed by atoms with E-state index >= 15 is 0 Å². The molecule has 5 rings (SSSR count). The van der Waals surface area contributed by atoms with Gasteiger partial charge >= 0.3 is 6.03 Å². The van der Waals surface area contributed by atoms with E-state index in [0.29, 0.717) is 29.1 Å². The van der Waals surface area contributed by atoms with E-state index in [-0.39, 0.29) is 23.6 Å². The van der Waals surface area contributed by atoms with E-state index in [1.165, 1.54) is 10.7 Å². The summed E-state index contributed by atoms with van der Waals surface area (Å²) in [5.74, 6) is -0.0282. The number of carbonyl (C=O) groups excluding carboxylic acids is 2. The molecule has 8 nitrogen and oxygen atoms in total. The maximum absolute atomic E-state index is 13.2. The second-order valence-corrected chi connectivity index (χ2v) is 9.00. The van der Waals surface area contributed by atoms with Crippen molar-refractivity contribution in [2.24, 2.45) is 0 Å². The average Bonchev–Trinajstić information content (AvgIpc) is 3.28. The molecule has 4 aromatic rings. The molecule has 0 unspecified atom stereocenters. The van der Waals surface area contributed by atoms with Crippen LogP contribution in [0.1, 0.15) is 52.4 Å². The molecule has 0 bridgehead atoms. The average molecular weight is 482 g/mol. The van der Waals surface area contributed by atoms with Gasteiger partial charge in [-0.05, 0) is 67.3 Å². The zero-order valence-corrected chi connectivity index (χ0v) is 19.9. The fraction of sp³-hybridized carbons (Fsp3) is 0.214. The normalized spacial score (nSPS) is 13.1. The molecule has 2 heterocycles. The van der Waals surface area contributed by atoms with Crippen LogP contribution in [0, 0.1) is 6.92 Å². The smallest absolute Gasteiger partial charge is 0.342 e. The third-order valence-corrected chi connectivity index (χ3v) is 6.62. The fourth-order valence-corrected chi connectivity index (χ4v) is 4.26. The van der Waals surface area contributed by atoms with Gasteiger partial charge < -0.3 is 15.7 Å². The second-order valence-electron chi connectivity index (χ2n) is 9.00. The molecule has 0 radical (unpaired) electrons. The van der Waals surface area contributed by atoms with Crippen molar-refractivity contribution in [1.82, 2.24) is 20.1 Å². The van der Waals surface area contributed by atoms with Crippen molar-refractivity contribution < 1.29 is 14.7 Å². The highest BCUT2D eigenvalue weighted by molar-refractivity contribution is 6.04. The Balaban J connectivity index is 1.41. The fourth-order valence-electron chi connectivity index (χ4n) is 4.26. The van der Waals surface area contributed by atoms with Gasteiger partial charge in [0.25, 0.3) is 5.91 Å². The van der Waals surface area contributed by atoms with Crippen molar-refractivity contribution in [3.8, 4) is 17.0 Å². The van der Waals surface area contributed by atoms with Crippen LogP contribution in [-0.4, -0.2) is 31.8 Å². The van der Waals surface area contributed by atoms with Crippen LogP contribution in [0.2, 0.25) is 0 Å². The zero-order chi connectivity index (χ0) is 25.1. The molecule has 0 saturated heterocycles. The Morgan fingerprint density at radius 2 is 1.83 bits per heavy atom. The van der Waals surface area contributed by atoms with E-state index in [0.717, 1.165) is 36.1 Å². The van der Waals surface area contributed by atoms with Gasteiger partial charge in [0.15, 0.2) is 0 Å². The largest absolute Gasteiger partial charge is 0.507 e. The number of aromatic hydroxyl groups is 1. The lowest BCUT2D eigenvalue weighted by molar-refractivity contribution is 0.102. The maximum Gasteiger partial charge on any atom is 0.342 e. The zero-order valence-electron chi connectivity index (χ0n) is 19.9. The summed E-state index contributed by atoms with van der Waals surface area (Å²) < 4.78 is 1.42. The van der Waals surface area contributed by atoms with Crippen LogP contribution in [0.4, 0.5) is 10.5 Å². The van der Waals surface area contributed by atoms with Crippen molar-refractivity contribution in [3.63, 3.8) is 0 Å². The Kier molecular flexibility index (Phi) is 6.49. The minimum Gasteiger partial charge on any atom is -0.507 e. The Hall–Kier alpha value is -4.46. The first kappa shape index (κ1) is 23.3. The molecule has 36 heavy (non-hydrogen) atoms. The van der Waals surface area contributed by atoms with Gasteiger partial charge in [-0.2, -0.15) is 9.78 Å². The molecule has 182 valence electrons. The molecule has 1 fully saturated rings. The number of anilines is 1. The topological polar surface area (TPSA) is 109 Å². The molecule has 2 aromatic carbocycles. The van der Waals surface area contributed by atoms with Crippen LogP contribution in [0.3, 0.4) is 0 Å². The third kappa shape index (κ3) is 4.84. The SMILES string of the molecule is Cc1ccccc1CNC(=O)n1nc(-c2cc(NC(=O)c3ccncc3)ccc2O)cc1C1CCC1. The highest BCUT2D eigenvalue weighted by Crippen LogP contribution is 2.39. The molecule has 8 heteroatoms. The van der Waals surface area contributed by atoms with Crippen LogP contribution >= 0.6 is 0 Å². The van der Waals surface area contributed by atoms with E-state index in [4.69, 9.17) is 0 Å². The van der Waals surface area contributed by atoms with Gasteiger partial charge in [-0.1, -0.05) is 30.7 Å². The number of nitrogens with zero attached hydrogens (tertiary/aromatic N) is 3. The predicted molar refractivity (Wildman–Crippen MR) is 137 cm³/mol. The number of rotatable bonds is 6. The van der Waals surface area contributed by atoms with Crippen LogP contribution in [0.5, 0.6) is 5.75 Å². The number of phenols is 1. The van der Waals surface area contributed by atoms with Gasteiger partial charge in [-0.25, -0.2) is 4.79 Å². The number of benzene rings is 2. The monoisotopic (exact) mass is 481 g/mol. The number of aryl methyl sites for hydroxylation is 1. The first-order chi connectivity index (χ1) is 17.5. The quantitative estimate of drug-likeness (QED) is 0.327. The molecule has 1 aliphatic carbocycles. The Bertz CT molecular complexity index is 1410. The maximum atomic E-state index is 13.2. The van der Waals surface area contributed by atoms with Gasteiger partial charge in [0.2, 0.25) is 0 Å². The summed E-state index contributed by atoms with van der Waals surface area (Å²) >= 11 is 0. The first-order valence-electron chi connectivity index (χ1n) is 12.0.